The number of aryl methyl sites for hydroxylation is 2. The van der Waals surface area contributed by atoms with E-state index in [1.165, 1.54) is 17.5 Å². The van der Waals surface area contributed by atoms with Crippen LogP contribution >= 0.6 is 0 Å². The summed E-state index contributed by atoms with van der Waals surface area (Å²) in [4.78, 5) is 26.2. The molecule has 1 aliphatic heterocycles. The first-order chi connectivity index (χ1) is 10.1. The molecule has 3 rings (SSSR count). The minimum atomic E-state index is -0.422. The fourth-order valence-electron chi connectivity index (χ4n) is 3.43. The fourth-order valence-corrected chi connectivity index (χ4v) is 3.43. The van der Waals surface area contributed by atoms with E-state index in [1.54, 1.807) is 11.8 Å². The van der Waals surface area contributed by atoms with Crippen molar-refractivity contribution in [3.63, 3.8) is 0 Å². The molecule has 2 unspecified atom stereocenters. The van der Waals surface area contributed by atoms with Crippen LogP contribution in [0.1, 0.15) is 43.4 Å². The Hall–Kier alpha value is -1.84. The van der Waals surface area contributed by atoms with Crippen molar-refractivity contribution in [1.82, 2.24) is 10.2 Å². The van der Waals surface area contributed by atoms with E-state index in [1.807, 2.05) is 6.92 Å². The van der Waals surface area contributed by atoms with Crippen LogP contribution in [0, 0.1) is 0 Å². The summed E-state index contributed by atoms with van der Waals surface area (Å²) in [6.07, 6.45) is 4.16. The SMILES string of the molecule is CCC1C(=O)NC(C)C(=O)N1Cc1ccc2c(c1)CCC2. The molecular formula is C17H22N2O2. The number of hydrogen-bond acceptors (Lipinski definition) is 2. The number of amides is 2. The number of carbonyl (C=O) groups excluding carboxylic acids is 2. The molecule has 1 saturated heterocycles. The number of nitrogens with one attached hydrogen (secondary N) is 1. The van der Waals surface area contributed by atoms with Crippen molar-refractivity contribution in [3.05, 3.63) is 34.9 Å². The van der Waals surface area contributed by atoms with Crippen molar-refractivity contribution in [3.8, 4) is 0 Å². The Balaban J connectivity index is 1.84. The second kappa shape index (κ2) is 5.51. The average Bonchev–Trinajstić information content (AvgIpc) is 2.92. The zero-order valence-electron chi connectivity index (χ0n) is 12.7. The van der Waals surface area contributed by atoms with Crippen LogP contribution in [0.25, 0.3) is 0 Å². The Labute approximate surface area is 125 Å². The molecular weight excluding hydrogens is 264 g/mol. The maximum atomic E-state index is 12.4. The number of benzene rings is 1. The minimum absolute atomic E-state index is 0.0157. The van der Waals surface area contributed by atoms with E-state index in [0.717, 1.165) is 18.4 Å². The molecule has 2 atom stereocenters. The first-order valence-corrected chi connectivity index (χ1v) is 7.81. The lowest BCUT2D eigenvalue weighted by Gasteiger charge is -2.37. The summed E-state index contributed by atoms with van der Waals surface area (Å²) in [6.45, 7) is 4.23. The van der Waals surface area contributed by atoms with Gasteiger partial charge in [0.05, 0.1) is 0 Å². The molecule has 0 saturated carbocycles. The van der Waals surface area contributed by atoms with Crippen molar-refractivity contribution < 1.29 is 9.59 Å². The Morgan fingerprint density at radius 2 is 2.00 bits per heavy atom. The van der Waals surface area contributed by atoms with Crippen LogP contribution in [-0.4, -0.2) is 28.8 Å². The minimum Gasteiger partial charge on any atom is -0.343 e. The van der Waals surface area contributed by atoms with Gasteiger partial charge in [-0.3, -0.25) is 9.59 Å². The molecule has 4 heteroatoms. The lowest BCUT2D eigenvalue weighted by molar-refractivity contribution is -0.149. The normalized spacial score (nSPS) is 25.0. The standard InChI is InChI=1S/C17H22N2O2/c1-3-15-16(20)18-11(2)17(21)19(15)10-12-7-8-13-5-4-6-14(13)9-12/h7-9,11,15H,3-6,10H2,1-2H3,(H,18,20). The van der Waals surface area contributed by atoms with E-state index in [9.17, 15) is 9.59 Å². The van der Waals surface area contributed by atoms with Gasteiger partial charge >= 0.3 is 0 Å². The van der Waals surface area contributed by atoms with Crippen LogP contribution < -0.4 is 5.32 Å². The molecule has 1 N–H and O–H groups in total. The Morgan fingerprint density at radius 3 is 2.76 bits per heavy atom. The van der Waals surface area contributed by atoms with Crippen LogP contribution in [0.3, 0.4) is 0 Å². The lowest BCUT2D eigenvalue weighted by atomic mass is 10.0. The summed E-state index contributed by atoms with van der Waals surface area (Å²) in [5, 5.41) is 2.76. The molecule has 4 nitrogen and oxygen atoms in total. The largest absolute Gasteiger partial charge is 0.343 e. The maximum absolute atomic E-state index is 12.4. The molecule has 1 aliphatic carbocycles. The first-order valence-electron chi connectivity index (χ1n) is 7.81. The van der Waals surface area contributed by atoms with Crippen LogP contribution in [0.4, 0.5) is 0 Å². The number of nitrogens with zero attached hydrogens (tertiary/aromatic N) is 1. The number of hydrogen-bond donors (Lipinski definition) is 1. The first kappa shape index (κ1) is 14.1. The third-order valence-corrected chi connectivity index (χ3v) is 4.59. The quantitative estimate of drug-likeness (QED) is 0.921. The highest BCUT2D eigenvalue weighted by molar-refractivity contribution is 5.96. The predicted molar refractivity (Wildman–Crippen MR) is 80.7 cm³/mol. The summed E-state index contributed by atoms with van der Waals surface area (Å²) >= 11 is 0. The fraction of sp³-hybridized carbons (Fsp3) is 0.529. The number of rotatable bonds is 3. The van der Waals surface area contributed by atoms with Crippen molar-refractivity contribution >= 4 is 11.8 Å². The Morgan fingerprint density at radius 1 is 1.24 bits per heavy atom. The second-order valence-electron chi connectivity index (χ2n) is 6.08. The molecule has 0 spiro atoms. The van der Waals surface area contributed by atoms with E-state index in [-0.39, 0.29) is 17.9 Å². The van der Waals surface area contributed by atoms with Crippen molar-refractivity contribution in [2.75, 3.05) is 0 Å². The topological polar surface area (TPSA) is 49.4 Å². The maximum Gasteiger partial charge on any atom is 0.245 e. The molecule has 1 fully saturated rings. The number of piperazine rings is 1. The van der Waals surface area contributed by atoms with Gasteiger partial charge in [-0.05, 0) is 49.3 Å². The van der Waals surface area contributed by atoms with Crippen LogP contribution in [0.5, 0.6) is 0 Å². The van der Waals surface area contributed by atoms with Gasteiger partial charge in [0, 0.05) is 6.54 Å². The highest BCUT2D eigenvalue weighted by atomic mass is 16.2. The second-order valence-corrected chi connectivity index (χ2v) is 6.08. The van der Waals surface area contributed by atoms with Crippen LogP contribution in [-0.2, 0) is 29.0 Å². The smallest absolute Gasteiger partial charge is 0.245 e. The zero-order valence-corrected chi connectivity index (χ0v) is 12.7. The van der Waals surface area contributed by atoms with E-state index in [0.29, 0.717) is 13.0 Å². The van der Waals surface area contributed by atoms with Gasteiger partial charge in [-0.1, -0.05) is 25.1 Å². The van der Waals surface area contributed by atoms with Crippen LogP contribution in [0.2, 0.25) is 0 Å². The summed E-state index contributed by atoms with van der Waals surface area (Å²) in [6, 6.07) is 5.72. The molecule has 2 aliphatic rings. The van der Waals surface area contributed by atoms with Crippen LogP contribution in [0.15, 0.2) is 18.2 Å². The average molecular weight is 286 g/mol. The van der Waals surface area contributed by atoms with E-state index in [2.05, 4.69) is 23.5 Å². The Kier molecular flexibility index (Phi) is 3.70. The van der Waals surface area contributed by atoms with Gasteiger partial charge in [0.15, 0.2) is 0 Å². The number of fused-ring (bicyclic) bond motifs is 1. The molecule has 112 valence electrons. The van der Waals surface area contributed by atoms with Gasteiger partial charge in [0.2, 0.25) is 11.8 Å². The van der Waals surface area contributed by atoms with Crippen molar-refractivity contribution in [2.45, 2.75) is 58.2 Å². The van der Waals surface area contributed by atoms with E-state index in [4.69, 9.17) is 0 Å². The molecule has 0 aromatic heterocycles. The highest BCUT2D eigenvalue weighted by Gasteiger charge is 2.37. The van der Waals surface area contributed by atoms with Gasteiger partial charge in [-0.15, -0.1) is 0 Å². The Bertz CT molecular complexity index is 582. The summed E-state index contributed by atoms with van der Waals surface area (Å²) in [5.41, 5.74) is 3.97. The molecule has 0 bridgehead atoms. The van der Waals surface area contributed by atoms with E-state index < -0.39 is 6.04 Å². The van der Waals surface area contributed by atoms with Gasteiger partial charge in [0.25, 0.3) is 0 Å². The van der Waals surface area contributed by atoms with Gasteiger partial charge in [-0.2, -0.15) is 0 Å². The van der Waals surface area contributed by atoms with Crippen molar-refractivity contribution in [2.24, 2.45) is 0 Å². The molecule has 1 aromatic carbocycles. The molecule has 1 heterocycles. The van der Waals surface area contributed by atoms with Crippen molar-refractivity contribution in [1.29, 1.82) is 0 Å². The number of carbonyl (C=O) groups is 2. The zero-order chi connectivity index (χ0) is 15.0. The predicted octanol–water partition coefficient (Wildman–Crippen LogP) is 1.80. The highest BCUT2D eigenvalue weighted by Crippen LogP contribution is 2.24. The molecule has 0 radical (unpaired) electrons. The van der Waals surface area contributed by atoms with Gasteiger partial charge in [-0.25, -0.2) is 0 Å². The van der Waals surface area contributed by atoms with E-state index >= 15 is 0 Å². The summed E-state index contributed by atoms with van der Waals surface area (Å²) in [7, 11) is 0. The molecule has 21 heavy (non-hydrogen) atoms. The summed E-state index contributed by atoms with van der Waals surface area (Å²) < 4.78 is 0. The lowest BCUT2D eigenvalue weighted by Crippen LogP contribution is -2.61. The van der Waals surface area contributed by atoms with Gasteiger partial charge in [0.1, 0.15) is 12.1 Å². The monoisotopic (exact) mass is 286 g/mol. The third kappa shape index (κ3) is 2.55. The molecule has 2 amide bonds. The molecule has 1 aromatic rings. The van der Waals surface area contributed by atoms with Gasteiger partial charge < -0.3 is 10.2 Å². The summed E-state index contributed by atoms with van der Waals surface area (Å²) in [5.74, 6) is -0.0206. The third-order valence-electron chi connectivity index (χ3n) is 4.59.